The quantitative estimate of drug-likeness (QED) is 0.502. The van der Waals surface area contributed by atoms with E-state index >= 15 is 0 Å². The number of amides is 1. The van der Waals surface area contributed by atoms with Crippen molar-refractivity contribution in [1.82, 2.24) is 5.32 Å². The van der Waals surface area contributed by atoms with E-state index in [9.17, 15) is 19.7 Å². The summed E-state index contributed by atoms with van der Waals surface area (Å²) < 4.78 is 4.61. The van der Waals surface area contributed by atoms with Gasteiger partial charge >= 0.3 is 5.97 Å². The number of carbonyl (C=O) groups is 2. The van der Waals surface area contributed by atoms with Crippen molar-refractivity contribution in [2.45, 2.75) is 38.6 Å². The second-order valence-electron chi connectivity index (χ2n) is 7.12. The normalized spacial score (nSPS) is 25.4. The number of methoxy groups -OCH3 is 1. The summed E-state index contributed by atoms with van der Waals surface area (Å²) in [7, 11) is 1.19. The molecule has 0 aliphatic heterocycles. The minimum atomic E-state index is -0.709. The molecule has 2 aliphatic rings. The number of hydrogen-bond acceptors (Lipinski definition) is 5. The monoisotopic (exact) mass is 346 g/mol. The predicted octanol–water partition coefficient (Wildman–Crippen LogP) is 2.94. The lowest BCUT2D eigenvalue weighted by atomic mass is 9.84. The van der Waals surface area contributed by atoms with Gasteiger partial charge in [-0.3, -0.25) is 14.9 Å². The average molecular weight is 346 g/mol. The van der Waals surface area contributed by atoms with Gasteiger partial charge in [0.15, 0.2) is 0 Å². The zero-order valence-electron chi connectivity index (χ0n) is 14.4. The van der Waals surface area contributed by atoms with Crippen LogP contribution in [0.25, 0.3) is 0 Å². The molecule has 25 heavy (non-hydrogen) atoms. The number of nitrogens with one attached hydrogen (secondary N) is 1. The van der Waals surface area contributed by atoms with Gasteiger partial charge in [0, 0.05) is 23.7 Å². The van der Waals surface area contributed by atoms with Crippen LogP contribution in [0.5, 0.6) is 0 Å². The highest BCUT2D eigenvalue weighted by molar-refractivity contribution is 5.99. The molecule has 7 nitrogen and oxygen atoms in total. The fourth-order valence-electron chi connectivity index (χ4n) is 4.39. The maximum atomic E-state index is 12.6. The molecule has 2 aliphatic carbocycles. The summed E-state index contributed by atoms with van der Waals surface area (Å²) in [6, 6.07) is 3.64. The first kappa shape index (κ1) is 17.4. The second kappa shape index (κ2) is 6.82. The molecule has 2 bridgehead atoms. The van der Waals surface area contributed by atoms with Crippen LogP contribution in [-0.2, 0) is 4.74 Å². The molecular formula is C18H22N2O5. The maximum absolute atomic E-state index is 12.6. The van der Waals surface area contributed by atoms with Crippen LogP contribution in [0.1, 0.15) is 53.3 Å². The first-order valence-corrected chi connectivity index (χ1v) is 8.57. The van der Waals surface area contributed by atoms with Crippen molar-refractivity contribution in [3.05, 3.63) is 39.4 Å². The number of esters is 1. The van der Waals surface area contributed by atoms with Crippen LogP contribution >= 0.6 is 0 Å². The molecule has 0 aromatic heterocycles. The molecule has 1 aromatic carbocycles. The van der Waals surface area contributed by atoms with Gasteiger partial charge in [0.05, 0.1) is 17.6 Å². The van der Waals surface area contributed by atoms with Gasteiger partial charge in [0.2, 0.25) is 0 Å². The molecule has 0 spiro atoms. The van der Waals surface area contributed by atoms with Gasteiger partial charge in [-0.2, -0.15) is 0 Å². The van der Waals surface area contributed by atoms with Crippen LogP contribution in [0.2, 0.25) is 0 Å². The van der Waals surface area contributed by atoms with E-state index in [4.69, 9.17) is 0 Å². The summed E-state index contributed by atoms with van der Waals surface area (Å²) in [5.41, 5.74) is -0.209. The van der Waals surface area contributed by atoms with Crippen molar-refractivity contribution >= 4 is 17.6 Å². The first-order chi connectivity index (χ1) is 11.9. The SMILES string of the molecule is COC(=O)c1cc(C(=O)N[C@H](C)[C@H]2C[C@H]3CC[C@H]2C3)cc([N+](=O)[O-])c1. The number of fused-ring (bicyclic) bond motifs is 2. The molecule has 134 valence electrons. The van der Waals surface area contributed by atoms with Gasteiger partial charge in [-0.25, -0.2) is 4.79 Å². The van der Waals surface area contributed by atoms with Gasteiger partial charge < -0.3 is 10.1 Å². The lowest BCUT2D eigenvalue weighted by Crippen LogP contribution is -2.40. The van der Waals surface area contributed by atoms with E-state index in [1.807, 2.05) is 6.92 Å². The maximum Gasteiger partial charge on any atom is 0.338 e. The fraction of sp³-hybridized carbons (Fsp3) is 0.556. The zero-order chi connectivity index (χ0) is 18.1. The summed E-state index contributed by atoms with van der Waals surface area (Å²) in [4.78, 5) is 34.7. The number of hydrogen-bond donors (Lipinski definition) is 1. The predicted molar refractivity (Wildman–Crippen MR) is 90.3 cm³/mol. The van der Waals surface area contributed by atoms with Gasteiger partial charge in [0.1, 0.15) is 0 Å². The largest absolute Gasteiger partial charge is 0.465 e. The number of rotatable bonds is 5. The Bertz CT molecular complexity index is 717. The highest BCUT2D eigenvalue weighted by Crippen LogP contribution is 2.49. The number of carbonyl (C=O) groups excluding carboxylic acids is 2. The molecule has 2 saturated carbocycles. The second-order valence-corrected chi connectivity index (χ2v) is 7.12. The Morgan fingerprint density at radius 1 is 1.24 bits per heavy atom. The highest BCUT2D eigenvalue weighted by atomic mass is 16.6. The standard InChI is InChI=1S/C18H22N2O5/c1-10(16-6-11-3-4-12(16)5-11)19-17(21)13-7-14(18(22)25-2)9-15(8-13)20(23)24/h7-12,16H,3-6H2,1-2H3,(H,19,21)/t10-,11+,12+,16-/m1/s1. The van der Waals surface area contributed by atoms with Crippen LogP contribution in [0.15, 0.2) is 18.2 Å². The van der Waals surface area contributed by atoms with E-state index in [-0.39, 0.29) is 22.9 Å². The molecule has 0 radical (unpaired) electrons. The van der Waals surface area contributed by atoms with Crippen molar-refractivity contribution < 1.29 is 19.2 Å². The molecule has 1 N–H and O–H groups in total. The van der Waals surface area contributed by atoms with Gasteiger partial charge in [-0.15, -0.1) is 0 Å². The van der Waals surface area contributed by atoms with Gasteiger partial charge in [0.25, 0.3) is 11.6 Å². The topological polar surface area (TPSA) is 98.5 Å². The number of ether oxygens (including phenoxy) is 1. The Balaban J connectivity index is 1.77. The van der Waals surface area contributed by atoms with Crippen LogP contribution in [0.4, 0.5) is 5.69 Å². The Morgan fingerprint density at radius 2 is 1.96 bits per heavy atom. The summed E-state index contributed by atoms with van der Waals surface area (Å²) in [6.07, 6.45) is 4.89. The molecule has 1 amide bonds. The minimum Gasteiger partial charge on any atom is -0.465 e. The molecule has 7 heteroatoms. The third kappa shape index (κ3) is 3.50. The van der Waals surface area contributed by atoms with Crippen LogP contribution in [0, 0.1) is 27.9 Å². The van der Waals surface area contributed by atoms with E-state index in [0.717, 1.165) is 18.4 Å². The van der Waals surface area contributed by atoms with Crippen molar-refractivity contribution in [3.8, 4) is 0 Å². The summed E-state index contributed by atoms with van der Waals surface area (Å²) in [5.74, 6) is 0.790. The number of nitro groups is 1. The summed E-state index contributed by atoms with van der Waals surface area (Å²) in [6.45, 7) is 1.99. The van der Waals surface area contributed by atoms with E-state index in [1.165, 1.54) is 38.5 Å². The van der Waals surface area contributed by atoms with Crippen LogP contribution < -0.4 is 5.32 Å². The molecule has 0 saturated heterocycles. The Hall–Kier alpha value is -2.44. The number of benzene rings is 1. The van der Waals surface area contributed by atoms with E-state index in [2.05, 4.69) is 10.1 Å². The smallest absolute Gasteiger partial charge is 0.338 e. The van der Waals surface area contributed by atoms with Crippen LogP contribution in [-0.4, -0.2) is 30.0 Å². The van der Waals surface area contributed by atoms with Crippen LogP contribution in [0.3, 0.4) is 0 Å². The van der Waals surface area contributed by atoms with Crippen molar-refractivity contribution in [2.24, 2.45) is 17.8 Å². The molecule has 3 rings (SSSR count). The lowest BCUT2D eigenvalue weighted by Gasteiger charge is -2.28. The molecule has 2 fully saturated rings. The molecule has 4 atom stereocenters. The van der Waals surface area contributed by atoms with Crippen molar-refractivity contribution in [1.29, 1.82) is 0 Å². The Morgan fingerprint density at radius 3 is 2.52 bits per heavy atom. The third-order valence-electron chi connectivity index (χ3n) is 5.61. The van der Waals surface area contributed by atoms with Crippen molar-refractivity contribution in [2.75, 3.05) is 7.11 Å². The summed E-state index contributed by atoms with van der Waals surface area (Å²) in [5, 5.41) is 14.0. The Labute approximate surface area is 145 Å². The zero-order valence-corrected chi connectivity index (χ0v) is 14.4. The minimum absolute atomic E-state index is 0.00337. The third-order valence-corrected chi connectivity index (χ3v) is 5.61. The van der Waals surface area contributed by atoms with E-state index in [1.54, 1.807) is 0 Å². The molecule has 0 heterocycles. The number of nitro benzene ring substituents is 1. The molecule has 1 aromatic rings. The lowest BCUT2D eigenvalue weighted by molar-refractivity contribution is -0.384. The molecular weight excluding hydrogens is 324 g/mol. The van der Waals surface area contributed by atoms with E-state index < -0.39 is 16.8 Å². The number of nitrogens with zero attached hydrogens (tertiary/aromatic N) is 1. The number of non-ortho nitro benzene ring substituents is 1. The average Bonchev–Trinajstić information content (AvgIpc) is 3.23. The van der Waals surface area contributed by atoms with Crippen molar-refractivity contribution in [3.63, 3.8) is 0 Å². The van der Waals surface area contributed by atoms with Gasteiger partial charge in [-0.05, 0) is 50.0 Å². The Kier molecular flexibility index (Phi) is 4.74. The molecule has 0 unspecified atom stereocenters. The first-order valence-electron chi connectivity index (χ1n) is 8.57. The highest BCUT2D eigenvalue weighted by Gasteiger charge is 2.42. The van der Waals surface area contributed by atoms with Gasteiger partial charge in [-0.1, -0.05) is 6.42 Å². The van der Waals surface area contributed by atoms with E-state index in [0.29, 0.717) is 11.8 Å². The summed E-state index contributed by atoms with van der Waals surface area (Å²) >= 11 is 0. The fourth-order valence-corrected chi connectivity index (χ4v) is 4.39.